The van der Waals surface area contributed by atoms with Gasteiger partial charge in [-0.15, -0.1) is 5.10 Å². The fourth-order valence-corrected chi connectivity index (χ4v) is 3.39. The van der Waals surface area contributed by atoms with Crippen molar-refractivity contribution in [2.45, 2.75) is 30.4 Å². The Morgan fingerprint density at radius 1 is 1.14 bits per heavy atom. The van der Waals surface area contributed by atoms with Crippen LogP contribution in [-0.2, 0) is 16.3 Å². The van der Waals surface area contributed by atoms with Crippen LogP contribution in [0.3, 0.4) is 0 Å². The van der Waals surface area contributed by atoms with Gasteiger partial charge in [0.05, 0.1) is 22.6 Å². The number of aromatic nitrogens is 2. The summed E-state index contributed by atoms with van der Waals surface area (Å²) in [6.45, 7) is 3.22. The highest BCUT2D eigenvalue weighted by Crippen LogP contribution is 2.19. The van der Waals surface area contributed by atoms with Crippen LogP contribution in [0.4, 0.5) is 11.9 Å². The molecule has 152 valence electrons. The summed E-state index contributed by atoms with van der Waals surface area (Å²) in [6, 6.07) is 8.29. The van der Waals surface area contributed by atoms with Gasteiger partial charge in [0.2, 0.25) is 5.89 Å². The summed E-state index contributed by atoms with van der Waals surface area (Å²) >= 11 is 0. The van der Waals surface area contributed by atoms with E-state index in [2.05, 4.69) is 15.5 Å². The maximum atomic E-state index is 12.1. The summed E-state index contributed by atoms with van der Waals surface area (Å²) in [4.78, 5) is 22.0. The lowest BCUT2D eigenvalue weighted by atomic mass is 10.1. The number of rotatable bonds is 7. The van der Waals surface area contributed by atoms with Crippen molar-refractivity contribution in [1.82, 2.24) is 10.2 Å². The number of hydrogen-bond donors (Lipinski definition) is 1. The normalized spacial score (nSPS) is 11.6. The minimum absolute atomic E-state index is 0.185. The van der Waals surface area contributed by atoms with E-state index in [1.54, 1.807) is 26.0 Å². The first kappa shape index (κ1) is 20.2. The molecule has 3 aromatic rings. The zero-order valence-corrected chi connectivity index (χ0v) is 16.2. The van der Waals surface area contributed by atoms with Gasteiger partial charge in [-0.05, 0) is 37.6 Å². The number of benzene rings is 1. The molecule has 2 aromatic heterocycles. The number of nitrogens with zero attached hydrogens (tertiary/aromatic N) is 3. The number of amides is 1. The third-order valence-corrected chi connectivity index (χ3v) is 6.08. The molecule has 0 unspecified atom stereocenters. The molecule has 3 rings (SSSR count). The van der Waals surface area contributed by atoms with Gasteiger partial charge in [0.15, 0.2) is 15.6 Å². The third-order valence-electron chi connectivity index (χ3n) is 3.91. The predicted octanol–water partition coefficient (Wildman–Crippen LogP) is 2.60. The molecule has 0 spiro atoms. The molecule has 0 saturated carbocycles. The first-order valence-corrected chi connectivity index (χ1v) is 9.92. The number of nitro groups is 1. The van der Waals surface area contributed by atoms with E-state index in [-0.39, 0.29) is 29.0 Å². The molecule has 0 saturated heterocycles. The number of anilines is 1. The van der Waals surface area contributed by atoms with Crippen molar-refractivity contribution in [2.75, 3.05) is 5.32 Å². The van der Waals surface area contributed by atoms with Crippen molar-refractivity contribution >= 4 is 27.6 Å². The Morgan fingerprint density at radius 3 is 2.41 bits per heavy atom. The molecule has 1 amide bonds. The second kappa shape index (κ2) is 7.83. The van der Waals surface area contributed by atoms with Crippen LogP contribution in [0.2, 0.25) is 0 Å². The van der Waals surface area contributed by atoms with Gasteiger partial charge in [0, 0.05) is 0 Å². The van der Waals surface area contributed by atoms with E-state index >= 15 is 0 Å². The molecular weight excluding hydrogens is 404 g/mol. The standard InChI is InChI=1S/C17H16N4O7S/c1-10(2)29(25,26)12-5-3-11(4-6-12)9-14-19-20-17(28-14)18-16(22)13-7-8-15(27-13)21(23)24/h3-8,10H,9H2,1-2H3,(H,18,20,22). The number of nitrogens with one attached hydrogen (secondary N) is 1. The largest absolute Gasteiger partial charge is 0.433 e. The Labute approximate surface area is 164 Å². The number of furan rings is 1. The highest BCUT2D eigenvalue weighted by atomic mass is 32.2. The molecule has 0 radical (unpaired) electrons. The minimum Gasteiger partial charge on any atom is -0.407 e. The van der Waals surface area contributed by atoms with Crippen LogP contribution in [0, 0.1) is 10.1 Å². The molecular formula is C17H16N4O7S. The van der Waals surface area contributed by atoms with E-state index in [1.807, 2.05) is 0 Å². The molecule has 0 bridgehead atoms. The van der Waals surface area contributed by atoms with Gasteiger partial charge >= 0.3 is 11.9 Å². The molecule has 0 aliphatic carbocycles. The zero-order valence-electron chi connectivity index (χ0n) is 15.4. The van der Waals surface area contributed by atoms with Crippen molar-refractivity contribution in [3.63, 3.8) is 0 Å². The zero-order chi connectivity index (χ0) is 21.2. The Kier molecular flexibility index (Phi) is 5.46. The summed E-state index contributed by atoms with van der Waals surface area (Å²) in [5, 5.41) is 19.8. The average Bonchev–Trinajstić information content (AvgIpc) is 3.32. The molecule has 0 aliphatic rings. The lowest BCUT2D eigenvalue weighted by Crippen LogP contribution is -2.13. The van der Waals surface area contributed by atoms with Gasteiger partial charge < -0.3 is 8.83 Å². The van der Waals surface area contributed by atoms with Gasteiger partial charge in [-0.1, -0.05) is 17.2 Å². The highest BCUT2D eigenvalue weighted by molar-refractivity contribution is 7.92. The SMILES string of the molecule is CC(C)S(=O)(=O)c1ccc(Cc2nnc(NC(=O)c3ccc([N+](=O)[O-])o3)o2)cc1. The van der Waals surface area contributed by atoms with Crippen LogP contribution in [0.25, 0.3) is 0 Å². The maximum absolute atomic E-state index is 12.1. The second-order valence-electron chi connectivity index (χ2n) is 6.26. The molecule has 1 N–H and O–H groups in total. The molecule has 29 heavy (non-hydrogen) atoms. The number of carbonyl (C=O) groups excluding carboxylic acids is 1. The molecule has 2 heterocycles. The summed E-state index contributed by atoms with van der Waals surface area (Å²) < 4.78 is 34.4. The topological polar surface area (TPSA) is 158 Å². The van der Waals surface area contributed by atoms with Crippen LogP contribution in [-0.4, -0.2) is 34.7 Å². The Bertz CT molecular complexity index is 1150. The van der Waals surface area contributed by atoms with Crippen LogP contribution >= 0.6 is 0 Å². The van der Waals surface area contributed by atoms with E-state index in [1.165, 1.54) is 12.1 Å². The van der Waals surface area contributed by atoms with Gasteiger partial charge in [-0.3, -0.25) is 20.2 Å². The Morgan fingerprint density at radius 2 is 1.83 bits per heavy atom. The summed E-state index contributed by atoms with van der Waals surface area (Å²) in [7, 11) is -3.36. The van der Waals surface area contributed by atoms with Gasteiger partial charge in [0.1, 0.15) is 4.92 Å². The lowest BCUT2D eigenvalue weighted by molar-refractivity contribution is -0.402. The van der Waals surface area contributed by atoms with E-state index in [4.69, 9.17) is 8.83 Å². The van der Waals surface area contributed by atoms with Crippen LogP contribution in [0.5, 0.6) is 0 Å². The maximum Gasteiger partial charge on any atom is 0.433 e. The van der Waals surface area contributed by atoms with E-state index in [0.29, 0.717) is 0 Å². The number of carbonyl (C=O) groups is 1. The van der Waals surface area contributed by atoms with Crippen molar-refractivity contribution in [2.24, 2.45) is 0 Å². The summed E-state index contributed by atoms with van der Waals surface area (Å²) in [5.41, 5.74) is 0.732. The lowest BCUT2D eigenvalue weighted by Gasteiger charge is -2.08. The van der Waals surface area contributed by atoms with E-state index < -0.39 is 31.8 Å². The second-order valence-corrected chi connectivity index (χ2v) is 8.77. The van der Waals surface area contributed by atoms with Crippen molar-refractivity contribution in [3.05, 3.63) is 63.7 Å². The predicted molar refractivity (Wildman–Crippen MR) is 99.2 cm³/mol. The quantitative estimate of drug-likeness (QED) is 0.448. The fourth-order valence-electron chi connectivity index (χ4n) is 2.33. The van der Waals surface area contributed by atoms with Crippen molar-refractivity contribution in [1.29, 1.82) is 0 Å². The molecule has 12 heteroatoms. The Balaban J connectivity index is 1.65. The number of hydrogen-bond acceptors (Lipinski definition) is 9. The first-order chi connectivity index (χ1) is 13.7. The number of sulfone groups is 1. The molecule has 0 fully saturated rings. The van der Waals surface area contributed by atoms with E-state index in [9.17, 15) is 23.3 Å². The van der Waals surface area contributed by atoms with Crippen molar-refractivity contribution < 1.29 is 27.0 Å². The van der Waals surface area contributed by atoms with Crippen molar-refractivity contribution in [3.8, 4) is 0 Å². The summed E-state index contributed by atoms with van der Waals surface area (Å²) in [5.74, 6) is -1.44. The van der Waals surface area contributed by atoms with Crippen LogP contribution in [0.15, 0.2) is 50.1 Å². The smallest absolute Gasteiger partial charge is 0.407 e. The van der Waals surface area contributed by atoms with Gasteiger partial charge in [-0.25, -0.2) is 8.42 Å². The van der Waals surface area contributed by atoms with Crippen LogP contribution < -0.4 is 5.32 Å². The monoisotopic (exact) mass is 420 g/mol. The van der Waals surface area contributed by atoms with E-state index in [0.717, 1.165) is 17.7 Å². The van der Waals surface area contributed by atoms with Gasteiger partial charge in [0.25, 0.3) is 5.91 Å². The molecule has 11 nitrogen and oxygen atoms in total. The fraction of sp³-hybridized carbons (Fsp3) is 0.235. The third kappa shape index (κ3) is 4.48. The van der Waals surface area contributed by atoms with Crippen LogP contribution in [0.1, 0.15) is 35.9 Å². The average molecular weight is 420 g/mol. The highest BCUT2D eigenvalue weighted by Gasteiger charge is 2.20. The Hall–Kier alpha value is -3.54. The summed E-state index contributed by atoms with van der Waals surface area (Å²) in [6.07, 6.45) is 0.219. The molecule has 0 atom stereocenters. The first-order valence-electron chi connectivity index (χ1n) is 8.37. The molecule has 0 aliphatic heterocycles. The minimum atomic E-state index is -3.36. The van der Waals surface area contributed by atoms with Gasteiger partial charge in [-0.2, -0.15) is 0 Å². The molecule has 1 aromatic carbocycles.